The van der Waals surface area contributed by atoms with Gasteiger partial charge in [0.05, 0.1) is 18.7 Å². The molecule has 0 amide bonds. The summed E-state index contributed by atoms with van der Waals surface area (Å²) in [6.07, 6.45) is 3.37. The van der Waals surface area contributed by atoms with Crippen molar-refractivity contribution in [3.05, 3.63) is 35.3 Å². The van der Waals surface area contributed by atoms with Crippen molar-refractivity contribution in [3.63, 3.8) is 0 Å². The third kappa shape index (κ3) is 4.86. The highest BCUT2D eigenvalue weighted by Gasteiger charge is 2.08. The van der Waals surface area contributed by atoms with E-state index >= 15 is 0 Å². The largest absolute Gasteiger partial charge is 0.494 e. The van der Waals surface area contributed by atoms with Crippen LogP contribution in [0.4, 0.5) is 0 Å². The number of carboxylic acid groups (broad SMARTS) is 1. The smallest absolute Gasteiger partial charge is 0.309 e. The van der Waals surface area contributed by atoms with E-state index in [1.54, 1.807) is 5.38 Å². The summed E-state index contributed by atoms with van der Waals surface area (Å²) in [4.78, 5) is 15.0. The number of nitrogens with zero attached hydrogens (tertiary/aromatic N) is 1. The normalized spacial score (nSPS) is 10.5. The molecule has 0 saturated carbocycles. The fourth-order valence-corrected chi connectivity index (χ4v) is 2.75. The number of hydrogen-bond donors (Lipinski definition) is 1. The first-order valence-corrected chi connectivity index (χ1v) is 7.96. The topological polar surface area (TPSA) is 59.4 Å². The number of carbonyl (C=O) groups is 1. The predicted molar refractivity (Wildman–Crippen MR) is 83.9 cm³/mol. The molecule has 0 aliphatic heterocycles. The van der Waals surface area contributed by atoms with E-state index in [1.807, 2.05) is 24.3 Å². The molecule has 21 heavy (non-hydrogen) atoms. The second-order valence-corrected chi connectivity index (χ2v) is 5.66. The van der Waals surface area contributed by atoms with Crippen LogP contribution in [0.1, 0.15) is 31.9 Å². The van der Waals surface area contributed by atoms with E-state index < -0.39 is 5.97 Å². The molecule has 0 atom stereocenters. The first kappa shape index (κ1) is 15.5. The number of thiazole rings is 1. The van der Waals surface area contributed by atoms with Crippen molar-refractivity contribution in [2.45, 2.75) is 32.6 Å². The van der Waals surface area contributed by atoms with Crippen LogP contribution in [-0.4, -0.2) is 22.7 Å². The fraction of sp³-hybridized carbons (Fsp3) is 0.375. The van der Waals surface area contributed by atoms with Gasteiger partial charge < -0.3 is 9.84 Å². The maximum atomic E-state index is 10.7. The summed E-state index contributed by atoms with van der Waals surface area (Å²) in [6, 6.07) is 7.78. The summed E-state index contributed by atoms with van der Waals surface area (Å²) in [5.74, 6) is -0.0292. The molecule has 4 nitrogen and oxygen atoms in total. The quantitative estimate of drug-likeness (QED) is 0.749. The van der Waals surface area contributed by atoms with Crippen LogP contribution in [0, 0.1) is 0 Å². The van der Waals surface area contributed by atoms with Gasteiger partial charge in [0, 0.05) is 10.9 Å². The molecule has 0 fully saturated rings. The second kappa shape index (κ2) is 7.78. The first-order chi connectivity index (χ1) is 10.2. The molecule has 0 unspecified atom stereocenters. The molecule has 1 aromatic carbocycles. The number of aliphatic carboxylic acids is 1. The zero-order valence-electron chi connectivity index (χ0n) is 12.0. The van der Waals surface area contributed by atoms with E-state index in [0.29, 0.717) is 5.69 Å². The van der Waals surface area contributed by atoms with E-state index in [0.717, 1.165) is 29.3 Å². The maximum absolute atomic E-state index is 10.7. The van der Waals surface area contributed by atoms with E-state index in [-0.39, 0.29) is 6.42 Å². The molecular weight excluding hydrogens is 286 g/mol. The van der Waals surface area contributed by atoms with Gasteiger partial charge in [-0.3, -0.25) is 4.79 Å². The summed E-state index contributed by atoms with van der Waals surface area (Å²) in [6.45, 7) is 2.89. The number of benzene rings is 1. The van der Waals surface area contributed by atoms with Gasteiger partial charge in [-0.2, -0.15) is 0 Å². The van der Waals surface area contributed by atoms with Crippen LogP contribution >= 0.6 is 11.3 Å². The highest BCUT2D eigenvalue weighted by molar-refractivity contribution is 7.13. The summed E-state index contributed by atoms with van der Waals surface area (Å²) < 4.78 is 5.72. The van der Waals surface area contributed by atoms with Gasteiger partial charge in [-0.05, 0) is 18.6 Å². The molecule has 1 aromatic heterocycles. The molecule has 1 heterocycles. The van der Waals surface area contributed by atoms with Crippen LogP contribution in [0.25, 0.3) is 10.6 Å². The Kier molecular flexibility index (Phi) is 5.75. The minimum absolute atomic E-state index is 0.0380. The molecule has 2 rings (SSSR count). The predicted octanol–water partition coefficient (Wildman–Crippen LogP) is 4.01. The Bertz CT molecular complexity index is 595. The zero-order valence-corrected chi connectivity index (χ0v) is 12.9. The van der Waals surface area contributed by atoms with Gasteiger partial charge in [0.15, 0.2) is 0 Å². The number of ether oxygens (including phenoxy) is 1. The third-order valence-electron chi connectivity index (χ3n) is 2.98. The summed E-state index contributed by atoms with van der Waals surface area (Å²) in [7, 11) is 0. The first-order valence-electron chi connectivity index (χ1n) is 7.08. The van der Waals surface area contributed by atoms with Crippen LogP contribution in [0.5, 0.6) is 5.75 Å². The number of carboxylic acids is 1. The number of rotatable bonds is 8. The van der Waals surface area contributed by atoms with E-state index in [4.69, 9.17) is 9.84 Å². The molecular formula is C16H19NO3S. The Morgan fingerprint density at radius 1 is 1.38 bits per heavy atom. The van der Waals surface area contributed by atoms with Gasteiger partial charge >= 0.3 is 5.97 Å². The van der Waals surface area contributed by atoms with E-state index in [1.165, 1.54) is 24.2 Å². The third-order valence-corrected chi connectivity index (χ3v) is 3.92. The van der Waals surface area contributed by atoms with Crippen molar-refractivity contribution in [2.24, 2.45) is 0 Å². The lowest BCUT2D eigenvalue weighted by Crippen LogP contribution is -2.00. The molecule has 112 valence electrons. The van der Waals surface area contributed by atoms with Crippen molar-refractivity contribution >= 4 is 17.3 Å². The molecule has 0 spiro atoms. The lowest BCUT2D eigenvalue weighted by molar-refractivity contribution is -0.136. The van der Waals surface area contributed by atoms with E-state index in [2.05, 4.69) is 11.9 Å². The Morgan fingerprint density at radius 3 is 3.00 bits per heavy atom. The highest BCUT2D eigenvalue weighted by atomic mass is 32.1. The lowest BCUT2D eigenvalue weighted by Gasteiger charge is -2.06. The minimum Gasteiger partial charge on any atom is -0.494 e. The minimum atomic E-state index is -0.861. The molecule has 0 bridgehead atoms. The molecule has 5 heteroatoms. The SMILES string of the molecule is CCCCCOc1cccc(-c2nc(CC(=O)O)cs2)c1. The van der Waals surface area contributed by atoms with Gasteiger partial charge in [0.1, 0.15) is 10.8 Å². The number of hydrogen-bond acceptors (Lipinski definition) is 4. The Balaban J connectivity index is 2.02. The molecule has 0 aliphatic carbocycles. The standard InChI is InChI=1S/C16H19NO3S/c1-2-3-4-8-20-14-7-5-6-12(9-14)16-17-13(11-21-16)10-15(18)19/h5-7,9,11H,2-4,8,10H2,1H3,(H,18,19). The monoisotopic (exact) mass is 305 g/mol. The maximum Gasteiger partial charge on any atom is 0.309 e. The second-order valence-electron chi connectivity index (χ2n) is 4.80. The highest BCUT2D eigenvalue weighted by Crippen LogP contribution is 2.27. The van der Waals surface area contributed by atoms with Crippen molar-refractivity contribution < 1.29 is 14.6 Å². The van der Waals surface area contributed by atoms with Gasteiger partial charge in [0.2, 0.25) is 0 Å². The Hall–Kier alpha value is -1.88. The molecule has 1 N–H and O–H groups in total. The van der Waals surface area contributed by atoms with Crippen molar-refractivity contribution in [1.29, 1.82) is 0 Å². The lowest BCUT2D eigenvalue weighted by atomic mass is 10.2. The zero-order chi connectivity index (χ0) is 15.1. The Labute approximate surface area is 128 Å². The summed E-state index contributed by atoms with van der Waals surface area (Å²) in [5.41, 5.74) is 1.56. The molecule has 0 saturated heterocycles. The summed E-state index contributed by atoms with van der Waals surface area (Å²) in [5, 5.41) is 11.4. The van der Waals surface area contributed by atoms with Crippen molar-refractivity contribution in [1.82, 2.24) is 4.98 Å². The van der Waals surface area contributed by atoms with Gasteiger partial charge in [0.25, 0.3) is 0 Å². The van der Waals surface area contributed by atoms with Crippen molar-refractivity contribution in [3.8, 4) is 16.3 Å². The Morgan fingerprint density at radius 2 is 2.24 bits per heavy atom. The summed E-state index contributed by atoms with van der Waals surface area (Å²) >= 11 is 1.46. The van der Waals surface area contributed by atoms with E-state index in [9.17, 15) is 4.79 Å². The molecule has 2 aromatic rings. The number of aromatic nitrogens is 1. The van der Waals surface area contributed by atoms with Crippen LogP contribution in [0.2, 0.25) is 0 Å². The molecule has 0 aliphatic rings. The average Bonchev–Trinajstić information content (AvgIpc) is 2.92. The van der Waals surface area contributed by atoms with Crippen molar-refractivity contribution in [2.75, 3.05) is 6.61 Å². The van der Waals surface area contributed by atoms with Crippen LogP contribution in [0.15, 0.2) is 29.6 Å². The van der Waals surface area contributed by atoms with Crippen LogP contribution < -0.4 is 4.74 Å². The van der Waals surface area contributed by atoms with Crippen LogP contribution in [0.3, 0.4) is 0 Å². The van der Waals surface area contributed by atoms with Gasteiger partial charge in [-0.1, -0.05) is 31.9 Å². The van der Waals surface area contributed by atoms with Gasteiger partial charge in [-0.15, -0.1) is 11.3 Å². The fourth-order valence-electron chi connectivity index (χ4n) is 1.94. The number of unbranched alkanes of at least 4 members (excludes halogenated alkanes) is 2. The van der Waals surface area contributed by atoms with Crippen LogP contribution in [-0.2, 0) is 11.2 Å². The average molecular weight is 305 g/mol. The van der Waals surface area contributed by atoms with Gasteiger partial charge in [-0.25, -0.2) is 4.98 Å². The molecule has 0 radical (unpaired) electrons.